The van der Waals surface area contributed by atoms with Crippen molar-refractivity contribution in [2.24, 2.45) is 4.99 Å². The van der Waals surface area contributed by atoms with Crippen LogP contribution in [0.25, 0.3) is 0 Å². The number of nitrogens with one attached hydrogen (secondary N) is 2. The second-order valence-electron chi connectivity index (χ2n) is 6.67. The molecule has 10 heteroatoms. The first kappa shape index (κ1) is 20.3. The quantitative estimate of drug-likeness (QED) is 0.619. The van der Waals surface area contributed by atoms with Crippen molar-refractivity contribution in [3.8, 4) is 0 Å². The standard InChI is InChI=1S/C17H20F2N4O4/c1-17(2,3)27-16(25)22-23-8-10-6-5-9(7-11(10)15(23)24)14(21-4)26-13(20)12(18)19/h5-7,12,20H,8H2,1-4H3,(H,22,25)/b20-13?,21-14-. The van der Waals surface area contributed by atoms with Gasteiger partial charge >= 0.3 is 12.5 Å². The van der Waals surface area contributed by atoms with Gasteiger partial charge in [0.15, 0.2) is 0 Å². The largest absolute Gasteiger partial charge is 0.443 e. The Morgan fingerprint density at radius 1 is 1.37 bits per heavy atom. The summed E-state index contributed by atoms with van der Waals surface area (Å²) in [5.41, 5.74) is 2.80. The van der Waals surface area contributed by atoms with Gasteiger partial charge in [-0.1, -0.05) is 6.07 Å². The summed E-state index contributed by atoms with van der Waals surface area (Å²) in [5.74, 6) is -1.94. The van der Waals surface area contributed by atoms with Gasteiger partial charge in [0.2, 0.25) is 5.90 Å². The summed E-state index contributed by atoms with van der Waals surface area (Å²) in [6.45, 7) is 5.21. The van der Waals surface area contributed by atoms with E-state index in [1.54, 1.807) is 26.8 Å². The van der Waals surface area contributed by atoms with Gasteiger partial charge < -0.3 is 9.47 Å². The highest BCUT2D eigenvalue weighted by Gasteiger charge is 2.31. The molecule has 0 spiro atoms. The van der Waals surface area contributed by atoms with E-state index in [9.17, 15) is 18.4 Å². The molecule has 0 atom stereocenters. The van der Waals surface area contributed by atoms with Crippen LogP contribution in [0, 0.1) is 5.41 Å². The summed E-state index contributed by atoms with van der Waals surface area (Å²) in [6.07, 6.45) is -3.85. The molecule has 0 fully saturated rings. The monoisotopic (exact) mass is 382 g/mol. The number of hydrogen-bond donors (Lipinski definition) is 2. The minimum atomic E-state index is -3.08. The zero-order valence-electron chi connectivity index (χ0n) is 15.3. The van der Waals surface area contributed by atoms with Crippen LogP contribution in [-0.4, -0.2) is 47.9 Å². The number of hydrazine groups is 1. The first-order chi connectivity index (χ1) is 12.5. The highest BCUT2D eigenvalue weighted by molar-refractivity contribution is 6.05. The molecule has 8 nitrogen and oxygen atoms in total. The van der Waals surface area contributed by atoms with Crippen LogP contribution in [0.3, 0.4) is 0 Å². The van der Waals surface area contributed by atoms with Gasteiger partial charge in [0, 0.05) is 18.2 Å². The number of rotatable bonds is 3. The maximum Gasteiger partial charge on any atom is 0.426 e. The first-order valence-corrected chi connectivity index (χ1v) is 7.98. The van der Waals surface area contributed by atoms with Crippen LogP contribution in [0.1, 0.15) is 42.3 Å². The Morgan fingerprint density at radius 3 is 2.59 bits per heavy atom. The van der Waals surface area contributed by atoms with Crippen LogP contribution >= 0.6 is 0 Å². The van der Waals surface area contributed by atoms with E-state index < -0.39 is 29.9 Å². The lowest BCUT2D eigenvalue weighted by Gasteiger charge is -2.23. The van der Waals surface area contributed by atoms with Crippen LogP contribution in [0.5, 0.6) is 0 Å². The van der Waals surface area contributed by atoms with Gasteiger partial charge in [-0.25, -0.2) is 15.2 Å². The first-order valence-electron chi connectivity index (χ1n) is 7.98. The van der Waals surface area contributed by atoms with E-state index in [0.717, 1.165) is 5.01 Å². The molecular weight excluding hydrogens is 362 g/mol. The number of ether oxygens (including phenoxy) is 2. The lowest BCUT2D eigenvalue weighted by Crippen LogP contribution is -2.44. The van der Waals surface area contributed by atoms with Gasteiger partial charge in [0.05, 0.1) is 6.54 Å². The van der Waals surface area contributed by atoms with E-state index in [1.165, 1.54) is 19.2 Å². The summed E-state index contributed by atoms with van der Waals surface area (Å²) >= 11 is 0. The molecule has 146 valence electrons. The van der Waals surface area contributed by atoms with Crippen molar-refractivity contribution in [3.63, 3.8) is 0 Å². The van der Waals surface area contributed by atoms with Crippen molar-refractivity contribution < 1.29 is 27.8 Å². The molecule has 1 aromatic carbocycles. The average Bonchev–Trinajstić information content (AvgIpc) is 2.86. The molecule has 0 radical (unpaired) electrons. The minimum absolute atomic E-state index is 0.125. The molecule has 2 amide bonds. The normalized spacial score (nSPS) is 14.3. The van der Waals surface area contributed by atoms with E-state index in [4.69, 9.17) is 14.9 Å². The number of hydrogen-bond acceptors (Lipinski definition) is 6. The maximum absolute atomic E-state index is 12.5. The van der Waals surface area contributed by atoms with Crippen LogP contribution in [0.15, 0.2) is 23.2 Å². The molecule has 1 heterocycles. The number of fused-ring (bicyclic) bond motifs is 1. The fraction of sp³-hybridized carbons (Fsp3) is 0.412. The van der Waals surface area contributed by atoms with Gasteiger partial charge in [-0.2, -0.15) is 8.78 Å². The molecule has 0 saturated heterocycles. The summed E-state index contributed by atoms with van der Waals surface area (Å²) in [7, 11) is 1.32. The van der Waals surface area contributed by atoms with Crippen LogP contribution in [0.2, 0.25) is 0 Å². The molecule has 2 rings (SSSR count). The lowest BCUT2D eigenvalue weighted by atomic mass is 10.1. The fourth-order valence-electron chi connectivity index (χ4n) is 2.32. The third kappa shape index (κ3) is 4.99. The molecule has 1 aromatic rings. The Hall–Kier alpha value is -3.04. The molecule has 0 bridgehead atoms. The van der Waals surface area contributed by atoms with Crippen molar-refractivity contribution >= 4 is 23.8 Å². The summed E-state index contributed by atoms with van der Waals surface area (Å²) < 4.78 is 34.9. The summed E-state index contributed by atoms with van der Waals surface area (Å²) in [4.78, 5) is 28.1. The van der Waals surface area contributed by atoms with Crippen LogP contribution < -0.4 is 5.43 Å². The van der Waals surface area contributed by atoms with Crippen LogP contribution in [-0.2, 0) is 16.0 Å². The molecule has 1 aliphatic rings. The number of benzene rings is 1. The van der Waals surface area contributed by atoms with Crippen molar-refractivity contribution in [1.29, 1.82) is 5.41 Å². The molecule has 0 aliphatic carbocycles. The zero-order valence-corrected chi connectivity index (χ0v) is 15.3. The molecule has 27 heavy (non-hydrogen) atoms. The average molecular weight is 382 g/mol. The number of alkyl halides is 2. The van der Waals surface area contributed by atoms with E-state index in [1.807, 2.05) is 0 Å². The SMILES string of the molecule is C/N=C(\OC(=N)C(F)F)c1ccc2c(c1)C(=O)N(NC(=O)OC(C)(C)C)C2. The van der Waals surface area contributed by atoms with Gasteiger partial charge in [-0.15, -0.1) is 0 Å². The number of aliphatic imine (C=N–C) groups is 1. The third-order valence-corrected chi connectivity index (χ3v) is 3.39. The van der Waals surface area contributed by atoms with Crippen molar-refractivity contribution in [1.82, 2.24) is 10.4 Å². The fourth-order valence-corrected chi connectivity index (χ4v) is 2.32. The number of halogens is 2. The van der Waals surface area contributed by atoms with E-state index in [0.29, 0.717) is 5.56 Å². The Labute approximate surface area is 154 Å². The highest BCUT2D eigenvalue weighted by atomic mass is 19.3. The molecule has 0 unspecified atom stereocenters. The third-order valence-electron chi connectivity index (χ3n) is 3.39. The van der Waals surface area contributed by atoms with Crippen LogP contribution in [0.4, 0.5) is 13.6 Å². The van der Waals surface area contributed by atoms with Crippen molar-refractivity contribution in [2.45, 2.75) is 39.3 Å². The van der Waals surface area contributed by atoms with Crippen molar-refractivity contribution in [2.75, 3.05) is 7.05 Å². The molecular formula is C17H20F2N4O4. The van der Waals surface area contributed by atoms with Gasteiger partial charge in [0.25, 0.3) is 11.8 Å². The predicted octanol–water partition coefficient (Wildman–Crippen LogP) is 2.72. The predicted molar refractivity (Wildman–Crippen MR) is 93.0 cm³/mol. The molecule has 0 aromatic heterocycles. The molecule has 1 aliphatic heterocycles. The number of amides is 2. The number of nitrogens with zero attached hydrogens (tertiary/aromatic N) is 2. The van der Waals surface area contributed by atoms with Crippen molar-refractivity contribution in [3.05, 3.63) is 34.9 Å². The summed E-state index contributed by atoms with van der Waals surface area (Å²) in [5, 5.41) is 8.20. The number of carbonyl (C=O) groups is 2. The smallest absolute Gasteiger partial charge is 0.426 e. The second-order valence-corrected chi connectivity index (χ2v) is 6.67. The maximum atomic E-state index is 12.5. The number of carbonyl (C=O) groups excluding carboxylic acids is 2. The molecule has 2 N–H and O–H groups in total. The Bertz CT molecular complexity index is 803. The lowest BCUT2D eigenvalue weighted by molar-refractivity contribution is 0.0302. The minimum Gasteiger partial charge on any atom is -0.443 e. The van der Waals surface area contributed by atoms with E-state index >= 15 is 0 Å². The molecule has 0 saturated carbocycles. The zero-order chi connectivity index (χ0) is 20.4. The highest BCUT2D eigenvalue weighted by Crippen LogP contribution is 2.23. The Kier molecular flexibility index (Phi) is 5.77. The van der Waals surface area contributed by atoms with E-state index in [2.05, 4.69) is 10.4 Å². The van der Waals surface area contributed by atoms with Gasteiger partial charge in [-0.3, -0.25) is 15.2 Å². The summed E-state index contributed by atoms with van der Waals surface area (Å²) in [6, 6.07) is 4.54. The Balaban J connectivity index is 2.16. The Morgan fingerprint density at radius 2 is 2.04 bits per heavy atom. The van der Waals surface area contributed by atoms with Gasteiger partial charge in [-0.05, 0) is 38.5 Å². The second kappa shape index (κ2) is 7.68. The van der Waals surface area contributed by atoms with E-state index in [-0.39, 0.29) is 23.6 Å². The van der Waals surface area contributed by atoms with Gasteiger partial charge in [0.1, 0.15) is 5.60 Å². The topological polar surface area (TPSA) is 104 Å².